The fourth-order valence-electron chi connectivity index (χ4n) is 1.87. The molecule has 6 heteroatoms. The maximum absolute atomic E-state index is 14.0. The lowest BCUT2D eigenvalue weighted by Gasteiger charge is -2.10. The van der Waals surface area contributed by atoms with E-state index < -0.39 is 11.8 Å². The minimum Gasteiger partial charge on any atom is -0.493 e. The zero-order valence-corrected chi connectivity index (χ0v) is 9.86. The van der Waals surface area contributed by atoms with Gasteiger partial charge in [-0.25, -0.2) is 0 Å². The first-order chi connectivity index (χ1) is 8.63. The molecule has 98 valence electrons. The smallest absolute Gasteiger partial charge is 0.303 e. The minimum absolute atomic E-state index is 0.0199. The Morgan fingerprint density at radius 2 is 2.33 bits per heavy atom. The first-order valence-corrected chi connectivity index (χ1v) is 5.50. The van der Waals surface area contributed by atoms with Crippen molar-refractivity contribution >= 4 is 5.97 Å². The van der Waals surface area contributed by atoms with Crippen molar-refractivity contribution in [3.63, 3.8) is 0 Å². The summed E-state index contributed by atoms with van der Waals surface area (Å²) in [7, 11) is 1.36. The quantitative estimate of drug-likeness (QED) is 0.872. The van der Waals surface area contributed by atoms with E-state index >= 15 is 0 Å². The molecule has 1 N–H and O–H groups in total. The summed E-state index contributed by atoms with van der Waals surface area (Å²) < 4.78 is 29.1. The number of carboxylic acid groups (broad SMARTS) is 1. The van der Waals surface area contributed by atoms with Gasteiger partial charge in [-0.3, -0.25) is 4.79 Å². The fraction of sp³-hybridized carbons (Fsp3) is 0.417. The van der Waals surface area contributed by atoms with Crippen LogP contribution >= 0.6 is 0 Å². The summed E-state index contributed by atoms with van der Waals surface area (Å²) in [5, 5.41) is 8.58. The molecule has 0 saturated heterocycles. The van der Waals surface area contributed by atoms with Crippen molar-refractivity contribution < 1.29 is 28.5 Å². The van der Waals surface area contributed by atoms with E-state index in [1.165, 1.54) is 7.11 Å². The molecule has 1 aliphatic heterocycles. The van der Waals surface area contributed by atoms with Gasteiger partial charge in [0.15, 0.2) is 11.5 Å². The summed E-state index contributed by atoms with van der Waals surface area (Å²) in [5.74, 6) is -1.01. The number of benzene rings is 1. The molecule has 1 aliphatic rings. The lowest BCUT2D eigenvalue weighted by Crippen LogP contribution is -2.00. The molecule has 1 aromatic carbocycles. The second kappa shape index (κ2) is 5.12. The number of carboxylic acids is 1. The van der Waals surface area contributed by atoms with E-state index in [0.717, 1.165) is 0 Å². The number of hydrogen-bond acceptors (Lipinski definition) is 4. The molecule has 0 aromatic heterocycles. The highest BCUT2D eigenvalue weighted by molar-refractivity contribution is 5.66. The molecule has 1 heterocycles. The third kappa shape index (κ3) is 2.32. The third-order valence-corrected chi connectivity index (χ3v) is 2.68. The van der Waals surface area contributed by atoms with Crippen LogP contribution < -0.4 is 14.2 Å². The van der Waals surface area contributed by atoms with Gasteiger partial charge in [0, 0.05) is 12.0 Å². The number of halogens is 1. The van der Waals surface area contributed by atoms with Gasteiger partial charge in [-0.05, 0) is 18.9 Å². The monoisotopic (exact) mass is 256 g/mol. The van der Waals surface area contributed by atoms with Crippen LogP contribution in [0.5, 0.6) is 17.2 Å². The van der Waals surface area contributed by atoms with Gasteiger partial charge in [0.1, 0.15) is 0 Å². The van der Waals surface area contributed by atoms with E-state index in [1.54, 1.807) is 6.07 Å². The maximum Gasteiger partial charge on any atom is 0.303 e. The molecule has 1 aromatic rings. The Balaban J connectivity index is 2.23. The molecule has 0 atom stereocenters. The van der Waals surface area contributed by atoms with E-state index in [-0.39, 0.29) is 24.7 Å². The van der Waals surface area contributed by atoms with Gasteiger partial charge in [0.2, 0.25) is 18.4 Å². The van der Waals surface area contributed by atoms with Gasteiger partial charge in [0.25, 0.3) is 0 Å². The van der Waals surface area contributed by atoms with Gasteiger partial charge < -0.3 is 19.3 Å². The molecule has 0 spiro atoms. The van der Waals surface area contributed by atoms with Crippen LogP contribution in [0.4, 0.5) is 4.39 Å². The Hall–Kier alpha value is -1.98. The number of ether oxygens (including phenoxy) is 3. The Bertz CT molecular complexity index is 472. The highest BCUT2D eigenvalue weighted by atomic mass is 19.1. The van der Waals surface area contributed by atoms with Crippen molar-refractivity contribution in [3.05, 3.63) is 17.4 Å². The molecule has 0 amide bonds. The standard InChI is InChI=1S/C12H13FO5/c1-16-11-7(3-2-4-9(14)15)5-8-12(10(11)13)18-6-17-8/h5H,2-4,6H2,1H3,(H,14,15). The highest BCUT2D eigenvalue weighted by Crippen LogP contribution is 2.42. The van der Waals surface area contributed by atoms with E-state index in [9.17, 15) is 9.18 Å². The molecule has 0 radical (unpaired) electrons. The van der Waals surface area contributed by atoms with Crippen molar-refractivity contribution in [2.24, 2.45) is 0 Å². The van der Waals surface area contributed by atoms with Gasteiger partial charge in [-0.1, -0.05) is 0 Å². The molecule has 0 fully saturated rings. The Kier molecular flexibility index (Phi) is 3.55. The second-order valence-electron chi connectivity index (χ2n) is 3.86. The third-order valence-electron chi connectivity index (χ3n) is 2.68. The molecular weight excluding hydrogens is 243 g/mol. The largest absolute Gasteiger partial charge is 0.493 e. The number of hydrogen-bond donors (Lipinski definition) is 1. The Morgan fingerprint density at radius 3 is 3.00 bits per heavy atom. The predicted molar refractivity (Wildman–Crippen MR) is 59.6 cm³/mol. The predicted octanol–water partition coefficient (Wildman–Crippen LogP) is 1.97. The lowest BCUT2D eigenvalue weighted by atomic mass is 10.1. The van der Waals surface area contributed by atoms with Crippen LogP contribution in [0.25, 0.3) is 0 Å². The maximum atomic E-state index is 14.0. The summed E-state index contributed by atoms with van der Waals surface area (Å²) in [6, 6.07) is 1.63. The zero-order chi connectivity index (χ0) is 13.1. The van der Waals surface area contributed by atoms with E-state index in [0.29, 0.717) is 24.2 Å². The van der Waals surface area contributed by atoms with Crippen LogP contribution in [0.1, 0.15) is 18.4 Å². The number of carbonyl (C=O) groups is 1. The van der Waals surface area contributed by atoms with Crippen LogP contribution in [0, 0.1) is 5.82 Å². The molecule has 0 bridgehead atoms. The molecule has 18 heavy (non-hydrogen) atoms. The molecular formula is C12H13FO5. The van der Waals surface area contributed by atoms with Gasteiger partial charge >= 0.3 is 5.97 Å². The lowest BCUT2D eigenvalue weighted by molar-refractivity contribution is -0.137. The van der Waals surface area contributed by atoms with Crippen LogP contribution in [-0.2, 0) is 11.2 Å². The minimum atomic E-state index is -0.879. The number of methoxy groups -OCH3 is 1. The Labute approximate surface area is 103 Å². The topological polar surface area (TPSA) is 65.0 Å². The van der Waals surface area contributed by atoms with Crippen LogP contribution in [0.3, 0.4) is 0 Å². The van der Waals surface area contributed by atoms with Crippen molar-refractivity contribution in [2.75, 3.05) is 13.9 Å². The highest BCUT2D eigenvalue weighted by Gasteiger charge is 2.25. The molecule has 0 unspecified atom stereocenters. The van der Waals surface area contributed by atoms with Crippen molar-refractivity contribution in [3.8, 4) is 17.2 Å². The van der Waals surface area contributed by atoms with Crippen LogP contribution in [-0.4, -0.2) is 25.0 Å². The average molecular weight is 256 g/mol. The van der Waals surface area contributed by atoms with Gasteiger partial charge in [-0.2, -0.15) is 4.39 Å². The number of aliphatic carboxylic acids is 1. The number of rotatable bonds is 5. The van der Waals surface area contributed by atoms with Crippen molar-refractivity contribution in [1.29, 1.82) is 0 Å². The molecule has 2 rings (SSSR count). The molecule has 0 saturated carbocycles. The zero-order valence-electron chi connectivity index (χ0n) is 9.86. The SMILES string of the molecule is COc1c(CCCC(=O)O)cc2c(c1F)OCO2. The van der Waals surface area contributed by atoms with Crippen LogP contribution in [0.15, 0.2) is 6.07 Å². The van der Waals surface area contributed by atoms with E-state index in [1.807, 2.05) is 0 Å². The summed E-state index contributed by atoms with van der Waals surface area (Å²) in [5.41, 5.74) is 0.584. The number of aryl methyl sites for hydroxylation is 1. The average Bonchev–Trinajstić information content (AvgIpc) is 2.77. The first kappa shape index (κ1) is 12.5. The normalized spacial score (nSPS) is 12.6. The molecule has 5 nitrogen and oxygen atoms in total. The van der Waals surface area contributed by atoms with Gasteiger partial charge in [0.05, 0.1) is 7.11 Å². The fourth-order valence-corrected chi connectivity index (χ4v) is 1.87. The second-order valence-corrected chi connectivity index (χ2v) is 3.86. The summed E-state index contributed by atoms with van der Waals surface area (Å²) in [4.78, 5) is 10.4. The summed E-state index contributed by atoms with van der Waals surface area (Å²) in [6.07, 6.45) is 0.840. The number of fused-ring (bicyclic) bond motifs is 1. The Morgan fingerprint density at radius 1 is 1.56 bits per heavy atom. The summed E-state index contributed by atoms with van der Waals surface area (Å²) >= 11 is 0. The van der Waals surface area contributed by atoms with Crippen molar-refractivity contribution in [1.82, 2.24) is 0 Å². The first-order valence-electron chi connectivity index (χ1n) is 5.50. The van der Waals surface area contributed by atoms with E-state index in [4.69, 9.17) is 19.3 Å². The van der Waals surface area contributed by atoms with Gasteiger partial charge in [-0.15, -0.1) is 0 Å². The molecule has 0 aliphatic carbocycles. The van der Waals surface area contributed by atoms with Crippen molar-refractivity contribution in [2.45, 2.75) is 19.3 Å². The van der Waals surface area contributed by atoms with Crippen LogP contribution in [0.2, 0.25) is 0 Å². The van der Waals surface area contributed by atoms with E-state index in [2.05, 4.69) is 0 Å². The summed E-state index contributed by atoms with van der Waals surface area (Å²) in [6.45, 7) is -0.0199.